The fourth-order valence-corrected chi connectivity index (χ4v) is 6.96. The fraction of sp³-hybridized carbons (Fsp3) is 0.926. The molecule has 0 heterocycles. The molecule has 4 heteroatoms. The number of rotatable bonds is 25. The van der Waals surface area contributed by atoms with Gasteiger partial charge in [0.1, 0.15) is 0 Å². The maximum absolute atomic E-state index is 6.02. The van der Waals surface area contributed by atoms with E-state index in [0.29, 0.717) is 0 Å². The Morgan fingerprint density at radius 3 is 1.55 bits per heavy atom. The average molecular weight is 457 g/mol. The van der Waals surface area contributed by atoms with Crippen molar-refractivity contribution >= 4 is 8.56 Å². The van der Waals surface area contributed by atoms with Crippen LogP contribution in [0.15, 0.2) is 12.2 Å². The third-order valence-corrected chi connectivity index (χ3v) is 9.82. The third-order valence-electron chi connectivity index (χ3n) is 6.00. The molecule has 31 heavy (non-hydrogen) atoms. The van der Waals surface area contributed by atoms with Gasteiger partial charge in [0, 0.05) is 26.4 Å². The van der Waals surface area contributed by atoms with Gasteiger partial charge < -0.3 is 13.6 Å². The third kappa shape index (κ3) is 20.2. The van der Waals surface area contributed by atoms with Gasteiger partial charge in [-0.3, -0.25) is 0 Å². The van der Waals surface area contributed by atoms with Crippen molar-refractivity contribution in [1.82, 2.24) is 0 Å². The van der Waals surface area contributed by atoms with Crippen LogP contribution in [-0.2, 0) is 13.6 Å². The summed E-state index contributed by atoms with van der Waals surface area (Å²) < 4.78 is 17.9. The SMILES string of the molecule is CCCCCCCC/C=C\CCCCCCCCOCCC[Si](CC)(OCC)OCC. The molecule has 0 bridgehead atoms. The predicted molar refractivity (Wildman–Crippen MR) is 139 cm³/mol. The maximum Gasteiger partial charge on any atom is 0.337 e. The molecule has 0 radical (unpaired) electrons. The molecule has 186 valence electrons. The second-order valence-corrected chi connectivity index (χ2v) is 12.4. The van der Waals surface area contributed by atoms with Crippen LogP contribution in [0.5, 0.6) is 0 Å². The Hall–Kier alpha value is -0.163. The standard InChI is InChI=1S/C27H56O3Si/c1-5-9-10-11-12-13-14-15-16-17-18-19-20-21-22-23-25-28-26-24-27-31(8-4,29-6-2)30-7-3/h15-16H,5-14,17-27H2,1-4H3/b16-15-. The first-order chi connectivity index (χ1) is 15.2. The molecule has 3 nitrogen and oxygen atoms in total. The van der Waals surface area contributed by atoms with Crippen LogP contribution in [0, 0.1) is 0 Å². The predicted octanol–water partition coefficient (Wildman–Crippen LogP) is 8.97. The van der Waals surface area contributed by atoms with Crippen molar-refractivity contribution in [3.05, 3.63) is 12.2 Å². The van der Waals surface area contributed by atoms with E-state index >= 15 is 0 Å². The molecule has 0 saturated carbocycles. The van der Waals surface area contributed by atoms with Gasteiger partial charge in [0.2, 0.25) is 0 Å². The lowest BCUT2D eigenvalue weighted by atomic mass is 10.1. The number of hydrogen-bond donors (Lipinski definition) is 0. The van der Waals surface area contributed by atoms with Crippen LogP contribution in [0.2, 0.25) is 12.1 Å². The molecule has 0 fully saturated rings. The van der Waals surface area contributed by atoms with Crippen LogP contribution in [-0.4, -0.2) is 35.0 Å². The highest BCUT2D eigenvalue weighted by Gasteiger charge is 2.34. The van der Waals surface area contributed by atoms with Crippen LogP contribution < -0.4 is 0 Å². The molecule has 0 aliphatic rings. The van der Waals surface area contributed by atoms with Crippen molar-refractivity contribution in [1.29, 1.82) is 0 Å². The molecule has 0 aromatic carbocycles. The quantitative estimate of drug-likeness (QED) is 0.0779. The van der Waals surface area contributed by atoms with E-state index in [1.807, 2.05) is 0 Å². The van der Waals surface area contributed by atoms with E-state index in [-0.39, 0.29) is 0 Å². The second kappa shape index (κ2) is 24.5. The number of ether oxygens (including phenoxy) is 1. The number of allylic oxidation sites excluding steroid dienone is 2. The molecular weight excluding hydrogens is 400 g/mol. The van der Waals surface area contributed by atoms with E-state index < -0.39 is 8.56 Å². The molecule has 0 aliphatic carbocycles. The van der Waals surface area contributed by atoms with E-state index in [2.05, 4.69) is 39.8 Å². The summed E-state index contributed by atoms with van der Waals surface area (Å²) in [7, 11) is -1.97. The van der Waals surface area contributed by atoms with Crippen molar-refractivity contribution in [2.45, 2.75) is 136 Å². The van der Waals surface area contributed by atoms with Gasteiger partial charge in [0.25, 0.3) is 0 Å². The minimum absolute atomic E-state index is 0.760. The summed E-state index contributed by atoms with van der Waals surface area (Å²) in [5.41, 5.74) is 0. The summed E-state index contributed by atoms with van der Waals surface area (Å²) in [6.07, 6.45) is 24.8. The van der Waals surface area contributed by atoms with Gasteiger partial charge in [0.15, 0.2) is 0 Å². The van der Waals surface area contributed by atoms with Crippen molar-refractivity contribution in [3.8, 4) is 0 Å². The van der Waals surface area contributed by atoms with Gasteiger partial charge in [-0.1, -0.05) is 83.8 Å². The van der Waals surface area contributed by atoms with E-state index in [9.17, 15) is 0 Å². The van der Waals surface area contributed by atoms with E-state index in [1.165, 1.54) is 89.9 Å². The summed E-state index contributed by atoms with van der Waals surface area (Å²) in [6.45, 7) is 11.9. The fourth-order valence-electron chi connectivity index (χ4n) is 4.09. The first-order valence-corrected chi connectivity index (χ1v) is 16.0. The first-order valence-electron chi connectivity index (χ1n) is 13.7. The Morgan fingerprint density at radius 1 is 0.548 bits per heavy atom. The van der Waals surface area contributed by atoms with Gasteiger partial charge in [-0.05, 0) is 64.5 Å². The largest absolute Gasteiger partial charge is 0.394 e. The Morgan fingerprint density at radius 2 is 1.03 bits per heavy atom. The Kier molecular flexibility index (Phi) is 24.3. The van der Waals surface area contributed by atoms with Crippen LogP contribution in [0.3, 0.4) is 0 Å². The Balaban J connectivity index is 3.37. The van der Waals surface area contributed by atoms with Gasteiger partial charge >= 0.3 is 8.56 Å². The Labute approximate surface area is 197 Å². The van der Waals surface area contributed by atoms with Crippen LogP contribution in [0.4, 0.5) is 0 Å². The van der Waals surface area contributed by atoms with Gasteiger partial charge in [-0.25, -0.2) is 0 Å². The minimum atomic E-state index is -1.97. The Bertz CT molecular complexity index is 367. The lowest BCUT2D eigenvalue weighted by Crippen LogP contribution is -2.41. The molecule has 0 aromatic heterocycles. The monoisotopic (exact) mass is 456 g/mol. The van der Waals surface area contributed by atoms with Gasteiger partial charge in [-0.2, -0.15) is 0 Å². The summed E-state index contributed by atoms with van der Waals surface area (Å²) in [5.74, 6) is 0. The molecule has 0 atom stereocenters. The van der Waals surface area contributed by atoms with Crippen LogP contribution in [0.25, 0.3) is 0 Å². The zero-order valence-corrected chi connectivity index (χ0v) is 22.7. The summed E-state index contributed by atoms with van der Waals surface area (Å²) >= 11 is 0. The molecule has 0 amide bonds. The molecule has 0 rings (SSSR count). The van der Waals surface area contributed by atoms with E-state index in [0.717, 1.165) is 44.9 Å². The van der Waals surface area contributed by atoms with Crippen molar-refractivity contribution in [3.63, 3.8) is 0 Å². The number of hydrogen-bond acceptors (Lipinski definition) is 3. The highest BCUT2D eigenvalue weighted by molar-refractivity contribution is 6.67. The molecule has 0 N–H and O–H groups in total. The van der Waals surface area contributed by atoms with Crippen molar-refractivity contribution in [2.24, 2.45) is 0 Å². The highest BCUT2D eigenvalue weighted by atomic mass is 28.4. The zero-order valence-electron chi connectivity index (χ0n) is 21.7. The summed E-state index contributed by atoms with van der Waals surface area (Å²) in [4.78, 5) is 0. The zero-order chi connectivity index (χ0) is 22.9. The number of unbranched alkanes of at least 4 members (excludes halogenated alkanes) is 12. The molecule has 0 spiro atoms. The van der Waals surface area contributed by atoms with Gasteiger partial charge in [-0.15, -0.1) is 0 Å². The minimum Gasteiger partial charge on any atom is -0.394 e. The maximum atomic E-state index is 6.02. The molecule has 0 aliphatic heterocycles. The van der Waals surface area contributed by atoms with Crippen molar-refractivity contribution in [2.75, 3.05) is 26.4 Å². The normalized spacial score (nSPS) is 12.3. The molecular formula is C27H56O3Si. The topological polar surface area (TPSA) is 27.7 Å². The van der Waals surface area contributed by atoms with Gasteiger partial charge in [0.05, 0.1) is 0 Å². The van der Waals surface area contributed by atoms with E-state index in [4.69, 9.17) is 13.6 Å². The molecule has 0 aromatic rings. The van der Waals surface area contributed by atoms with Crippen molar-refractivity contribution < 1.29 is 13.6 Å². The van der Waals surface area contributed by atoms with Crippen LogP contribution in [0.1, 0.15) is 124 Å². The van der Waals surface area contributed by atoms with Crippen LogP contribution >= 0.6 is 0 Å². The molecule has 0 saturated heterocycles. The van der Waals surface area contributed by atoms with E-state index in [1.54, 1.807) is 0 Å². The lowest BCUT2D eigenvalue weighted by molar-refractivity contribution is 0.124. The summed E-state index contributed by atoms with van der Waals surface area (Å²) in [6, 6.07) is 2.09. The smallest absolute Gasteiger partial charge is 0.337 e. The summed E-state index contributed by atoms with van der Waals surface area (Å²) in [5, 5.41) is 0. The second-order valence-electron chi connectivity index (χ2n) is 8.78. The first kappa shape index (κ1) is 30.8. The highest BCUT2D eigenvalue weighted by Crippen LogP contribution is 2.21. The average Bonchev–Trinajstić information content (AvgIpc) is 2.78. The molecule has 0 unspecified atom stereocenters. The lowest BCUT2D eigenvalue weighted by Gasteiger charge is -2.28.